The third-order valence-electron chi connectivity index (χ3n) is 5.46. The Morgan fingerprint density at radius 1 is 1.17 bits per heavy atom. The summed E-state index contributed by atoms with van der Waals surface area (Å²) in [4.78, 5) is 9.73. The van der Waals surface area contributed by atoms with E-state index < -0.39 is 0 Å². The molecule has 1 aliphatic heterocycles. The van der Waals surface area contributed by atoms with Gasteiger partial charge in [0, 0.05) is 38.3 Å². The van der Waals surface area contributed by atoms with Crippen LogP contribution in [0.25, 0.3) is 0 Å². The van der Waals surface area contributed by atoms with Crippen LogP contribution < -0.4 is 10.6 Å². The number of likely N-dealkylation sites (N-methyl/N-ethyl adjacent to an activating group) is 2. The van der Waals surface area contributed by atoms with E-state index in [2.05, 4.69) is 55.3 Å². The summed E-state index contributed by atoms with van der Waals surface area (Å²) in [5, 5.41) is 7.09. The Morgan fingerprint density at radius 2 is 1.83 bits per heavy atom. The van der Waals surface area contributed by atoms with Crippen molar-refractivity contribution in [2.24, 2.45) is 10.4 Å². The first-order valence-electron chi connectivity index (χ1n) is 9.33. The second-order valence-electron chi connectivity index (χ2n) is 8.20. The summed E-state index contributed by atoms with van der Waals surface area (Å²) in [7, 11) is 4.42. The van der Waals surface area contributed by atoms with Crippen molar-refractivity contribution in [3.63, 3.8) is 0 Å². The number of nitrogens with zero attached hydrogens (tertiary/aromatic N) is 3. The first-order valence-corrected chi connectivity index (χ1v) is 9.33. The lowest BCUT2D eigenvalue weighted by Gasteiger charge is -2.37. The van der Waals surface area contributed by atoms with Crippen molar-refractivity contribution in [1.29, 1.82) is 0 Å². The van der Waals surface area contributed by atoms with Crippen LogP contribution in [0.4, 0.5) is 0 Å². The van der Waals surface area contributed by atoms with Crippen LogP contribution in [0.1, 0.15) is 46.5 Å². The highest BCUT2D eigenvalue weighted by molar-refractivity contribution is 14.0. The average Bonchev–Trinajstić information content (AvgIpc) is 2.50. The number of guanidine groups is 1. The lowest BCUT2D eigenvalue weighted by Crippen LogP contribution is -2.52. The second kappa shape index (κ2) is 10.2. The fourth-order valence-electron chi connectivity index (χ4n) is 3.55. The first kappa shape index (κ1) is 22.0. The molecular formula is C18H38IN5. The van der Waals surface area contributed by atoms with Gasteiger partial charge in [0.15, 0.2) is 5.96 Å². The second-order valence-corrected chi connectivity index (χ2v) is 8.20. The smallest absolute Gasteiger partial charge is 0.191 e. The lowest BCUT2D eigenvalue weighted by atomic mass is 9.75. The monoisotopic (exact) mass is 451 g/mol. The number of piperazine rings is 1. The summed E-state index contributed by atoms with van der Waals surface area (Å²) in [5.74, 6) is 0.999. The highest BCUT2D eigenvalue weighted by atomic mass is 127. The highest BCUT2D eigenvalue weighted by Crippen LogP contribution is 2.34. The van der Waals surface area contributed by atoms with Gasteiger partial charge in [-0.25, -0.2) is 0 Å². The Bertz CT molecular complexity index is 389. The van der Waals surface area contributed by atoms with E-state index in [0.717, 1.165) is 38.7 Å². The van der Waals surface area contributed by atoms with Crippen LogP contribution in [-0.2, 0) is 0 Å². The van der Waals surface area contributed by atoms with Crippen molar-refractivity contribution >= 4 is 29.9 Å². The van der Waals surface area contributed by atoms with Crippen LogP contribution >= 0.6 is 24.0 Å². The molecular weight excluding hydrogens is 413 g/mol. The maximum absolute atomic E-state index is 4.88. The summed E-state index contributed by atoms with van der Waals surface area (Å²) in [6, 6.07) is 1.10. The van der Waals surface area contributed by atoms with E-state index in [4.69, 9.17) is 4.99 Å². The SMILES string of the molecule is CCNC(=NCC1CN(C)CCN1C)NC1CCC(C)(C)CC1.I. The fourth-order valence-corrected chi connectivity index (χ4v) is 3.55. The Kier molecular flexibility index (Phi) is 9.30. The third-order valence-corrected chi connectivity index (χ3v) is 5.46. The van der Waals surface area contributed by atoms with E-state index in [-0.39, 0.29) is 24.0 Å². The molecule has 1 unspecified atom stereocenters. The number of hydrogen-bond donors (Lipinski definition) is 2. The van der Waals surface area contributed by atoms with Gasteiger partial charge in [0.25, 0.3) is 0 Å². The van der Waals surface area contributed by atoms with E-state index >= 15 is 0 Å². The standard InChI is InChI=1S/C18H37N5.HI/c1-6-19-17(21-15-7-9-18(2,3)10-8-15)20-13-16-14-22(4)11-12-23(16)5;/h15-16H,6-14H2,1-5H3,(H2,19,20,21);1H. The van der Waals surface area contributed by atoms with Gasteiger partial charge in [-0.3, -0.25) is 9.89 Å². The van der Waals surface area contributed by atoms with E-state index in [1.54, 1.807) is 0 Å². The molecule has 5 nitrogen and oxygen atoms in total. The van der Waals surface area contributed by atoms with Crippen LogP contribution in [-0.4, -0.2) is 74.7 Å². The van der Waals surface area contributed by atoms with Crippen molar-refractivity contribution in [1.82, 2.24) is 20.4 Å². The van der Waals surface area contributed by atoms with Crippen LogP contribution in [0, 0.1) is 5.41 Å². The fraction of sp³-hybridized carbons (Fsp3) is 0.944. The molecule has 1 aliphatic carbocycles. The molecule has 1 atom stereocenters. The Hall–Kier alpha value is -0.0800. The van der Waals surface area contributed by atoms with Crippen LogP contribution in [0.3, 0.4) is 0 Å². The predicted octanol–water partition coefficient (Wildman–Crippen LogP) is 2.37. The zero-order valence-corrected chi connectivity index (χ0v) is 18.6. The van der Waals surface area contributed by atoms with Crippen LogP contribution in [0.15, 0.2) is 4.99 Å². The third kappa shape index (κ3) is 7.04. The molecule has 6 heteroatoms. The van der Waals surface area contributed by atoms with Gasteiger partial charge >= 0.3 is 0 Å². The van der Waals surface area contributed by atoms with E-state index in [1.807, 2.05) is 0 Å². The number of hydrogen-bond acceptors (Lipinski definition) is 3. The van der Waals surface area contributed by atoms with Gasteiger partial charge in [-0.15, -0.1) is 24.0 Å². The lowest BCUT2D eigenvalue weighted by molar-refractivity contribution is 0.119. The van der Waals surface area contributed by atoms with Gasteiger partial charge in [0.2, 0.25) is 0 Å². The van der Waals surface area contributed by atoms with Gasteiger partial charge in [-0.05, 0) is 52.1 Å². The van der Waals surface area contributed by atoms with Crippen molar-refractivity contribution < 1.29 is 0 Å². The Labute approximate surface area is 166 Å². The quantitative estimate of drug-likeness (QED) is 0.392. The molecule has 0 aromatic heterocycles. The molecule has 24 heavy (non-hydrogen) atoms. The van der Waals surface area contributed by atoms with Gasteiger partial charge < -0.3 is 15.5 Å². The zero-order valence-electron chi connectivity index (χ0n) is 16.3. The number of halogens is 1. The molecule has 0 radical (unpaired) electrons. The Morgan fingerprint density at radius 3 is 2.46 bits per heavy atom. The van der Waals surface area contributed by atoms with Gasteiger partial charge in [0.05, 0.1) is 6.54 Å². The van der Waals surface area contributed by atoms with Gasteiger partial charge in [-0.2, -0.15) is 0 Å². The maximum atomic E-state index is 4.88. The summed E-state index contributed by atoms with van der Waals surface area (Å²) in [5.41, 5.74) is 0.517. The van der Waals surface area contributed by atoms with Gasteiger partial charge in [0.1, 0.15) is 0 Å². The van der Waals surface area contributed by atoms with E-state index in [9.17, 15) is 0 Å². The van der Waals surface area contributed by atoms with Crippen molar-refractivity contribution in [2.45, 2.75) is 58.5 Å². The summed E-state index contributed by atoms with van der Waals surface area (Å²) < 4.78 is 0. The summed E-state index contributed by atoms with van der Waals surface area (Å²) in [6.07, 6.45) is 5.12. The highest BCUT2D eigenvalue weighted by Gasteiger charge is 2.27. The van der Waals surface area contributed by atoms with Crippen LogP contribution in [0.5, 0.6) is 0 Å². The molecule has 1 saturated heterocycles. The number of nitrogens with one attached hydrogen (secondary N) is 2. The molecule has 0 spiro atoms. The average molecular weight is 451 g/mol. The van der Waals surface area contributed by atoms with E-state index in [0.29, 0.717) is 17.5 Å². The summed E-state index contributed by atoms with van der Waals surface area (Å²) in [6.45, 7) is 12.1. The van der Waals surface area contributed by atoms with Crippen molar-refractivity contribution in [3.05, 3.63) is 0 Å². The molecule has 0 bridgehead atoms. The molecule has 2 aliphatic rings. The number of aliphatic imine (C=N–C) groups is 1. The molecule has 1 heterocycles. The zero-order chi connectivity index (χ0) is 16.9. The van der Waals surface area contributed by atoms with Gasteiger partial charge in [-0.1, -0.05) is 13.8 Å². The molecule has 1 saturated carbocycles. The summed E-state index contributed by atoms with van der Waals surface area (Å²) >= 11 is 0. The normalized spacial score (nSPS) is 26.7. The molecule has 0 aromatic rings. The minimum absolute atomic E-state index is 0. The first-order chi connectivity index (χ1) is 10.9. The maximum Gasteiger partial charge on any atom is 0.191 e. The minimum Gasteiger partial charge on any atom is -0.357 e. The molecule has 0 aromatic carbocycles. The molecule has 0 amide bonds. The Balaban J connectivity index is 0.00000288. The van der Waals surface area contributed by atoms with Crippen molar-refractivity contribution in [3.8, 4) is 0 Å². The number of rotatable bonds is 4. The van der Waals surface area contributed by atoms with Crippen LogP contribution in [0.2, 0.25) is 0 Å². The molecule has 2 N–H and O–H groups in total. The van der Waals surface area contributed by atoms with Crippen molar-refractivity contribution in [2.75, 3.05) is 46.8 Å². The largest absolute Gasteiger partial charge is 0.357 e. The molecule has 2 fully saturated rings. The minimum atomic E-state index is 0. The molecule has 142 valence electrons. The van der Waals surface area contributed by atoms with E-state index in [1.165, 1.54) is 25.7 Å². The predicted molar refractivity (Wildman–Crippen MR) is 114 cm³/mol. The molecule has 2 rings (SSSR count). The topological polar surface area (TPSA) is 42.9 Å².